The van der Waals surface area contributed by atoms with Gasteiger partial charge in [-0.2, -0.15) is 11.8 Å². The van der Waals surface area contributed by atoms with Gasteiger partial charge in [0.05, 0.1) is 10.6 Å². The molecule has 0 aliphatic carbocycles. The van der Waals surface area contributed by atoms with Crippen molar-refractivity contribution in [2.75, 3.05) is 12.3 Å². The lowest BCUT2D eigenvalue weighted by Gasteiger charge is -2.23. The second-order valence-electron chi connectivity index (χ2n) is 7.07. The van der Waals surface area contributed by atoms with Crippen LogP contribution in [0, 0.1) is 5.92 Å². The number of hydrogen-bond acceptors (Lipinski definition) is 3. The molecule has 7 heteroatoms. The van der Waals surface area contributed by atoms with Crippen molar-refractivity contribution in [3.05, 3.63) is 33.8 Å². The summed E-state index contributed by atoms with van der Waals surface area (Å²) in [7, 11) is 0. The molecule has 25 heavy (non-hydrogen) atoms. The maximum Gasteiger partial charge on any atom is 0.253 e. The molecule has 1 aromatic carbocycles. The highest BCUT2D eigenvalue weighted by atomic mass is 35.5. The number of hydrogen-bond donors (Lipinski definition) is 2. The van der Waals surface area contributed by atoms with E-state index in [2.05, 4.69) is 31.4 Å². The third kappa shape index (κ3) is 7.89. The van der Waals surface area contributed by atoms with E-state index in [9.17, 15) is 9.59 Å². The van der Waals surface area contributed by atoms with Crippen molar-refractivity contribution < 1.29 is 9.59 Å². The molecule has 1 atom stereocenters. The Labute approximate surface area is 164 Å². The van der Waals surface area contributed by atoms with Crippen LogP contribution < -0.4 is 10.6 Å². The number of benzene rings is 1. The van der Waals surface area contributed by atoms with Gasteiger partial charge < -0.3 is 10.6 Å². The molecule has 0 aromatic heterocycles. The molecule has 1 aromatic rings. The fourth-order valence-corrected chi connectivity index (χ4v) is 3.38. The van der Waals surface area contributed by atoms with Crippen LogP contribution in [0.3, 0.4) is 0 Å². The van der Waals surface area contributed by atoms with Gasteiger partial charge >= 0.3 is 0 Å². The first-order valence-electron chi connectivity index (χ1n) is 8.19. The fourth-order valence-electron chi connectivity index (χ4n) is 2.07. The second kappa shape index (κ2) is 9.70. The van der Waals surface area contributed by atoms with Gasteiger partial charge in [-0.15, -0.1) is 0 Å². The summed E-state index contributed by atoms with van der Waals surface area (Å²) in [6.45, 7) is 10.7. The van der Waals surface area contributed by atoms with Crippen molar-refractivity contribution >= 4 is 46.8 Å². The van der Waals surface area contributed by atoms with Crippen molar-refractivity contribution in [1.82, 2.24) is 10.6 Å². The number of nitrogens with one attached hydrogen (secondary N) is 2. The van der Waals surface area contributed by atoms with Crippen LogP contribution >= 0.6 is 35.0 Å². The summed E-state index contributed by atoms with van der Waals surface area (Å²) >= 11 is 13.7. The van der Waals surface area contributed by atoms with E-state index in [1.165, 1.54) is 6.07 Å². The molecule has 0 spiro atoms. The third-order valence-electron chi connectivity index (χ3n) is 3.35. The van der Waals surface area contributed by atoms with E-state index in [1.54, 1.807) is 23.9 Å². The zero-order chi connectivity index (χ0) is 19.2. The van der Waals surface area contributed by atoms with Gasteiger partial charge in [0.15, 0.2) is 0 Å². The van der Waals surface area contributed by atoms with Crippen molar-refractivity contribution in [1.29, 1.82) is 0 Å². The largest absolute Gasteiger partial charge is 0.353 e. The summed E-state index contributed by atoms with van der Waals surface area (Å²) in [6, 6.07) is 4.02. The molecule has 0 bridgehead atoms. The Morgan fingerprint density at radius 2 is 1.84 bits per heavy atom. The van der Waals surface area contributed by atoms with E-state index in [-0.39, 0.29) is 27.5 Å². The van der Waals surface area contributed by atoms with Crippen LogP contribution in [0.25, 0.3) is 0 Å². The Morgan fingerprint density at radius 1 is 1.20 bits per heavy atom. The molecular formula is C18H26Cl2N2O2S. The minimum Gasteiger partial charge on any atom is -0.353 e. The molecule has 1 unspecified atom stereocenters. The van der Waals surface area contributed by atoms with Gasteiger partial charge in [0.2, 0.25) is 5.91 Å². The number of carbonyl (C=O) groups is 2. The summed E-state index contributed by atoms with van der Waals surface area (Å²) < 4.78 is 0.154. The molecule has 2 amide bonds. The van der Waals surface area contributed by atoms with E-state index >= 15 is 0 Å². The highest BCUT2D eigenvalue weighted by molar-refractivity contribution is 8.00. The molecule has 140 valence electrons. The van der Waals surface area contributed by atoms with Gasteiger partial charge in [0, 0.05) is 22.1 Å². The third-order valence-corrected chi connectivity index (χ3v) is 5.17. The van der Waals surface area contributed by atoms with Gasteiger partial charge in [-0.1, -0.05) is 57.8 Å². The van der Waals surface area contributed by atoms with Crippen LogP contribution in [0.5, 0.6) is 0 Å². The van der Waals surface area contributed by atoms with E-state index in [0.29, 0.717) is 17.1 Å². The maximum absolute atomic E-state index is 12.4. The topological polar surface area (TPSA) is 58.2 Å². The van der Waals surface area contributed by atoms with E-state index in [4.69, 9.17) is 23.2 Å². The molecule has 2 N–H and O–H groups in total. The quantitative estimate of drug-likeness (QED) is 0.662. The number of rotatable bonds is 7. The van der Waals surface area contributed by atoms with Crippen LogP contribution in [0.1, 0.15) is 45.0 Å². The average molecular weight is 405 g/mol. The predicted molar refractivity (Wildman–Crippen MR) is 108 cm³/mol. The standard InChI is InChI=1S/C18H26Cl2N2O2S/c1-11(2)15(17(24)21-8-9-25-18(3,4)5)22-16(23)13-7-6-12(19)10-14(13)20/h6-7,10-11,15H,8-9H2,1-5H3,(H,21,24)(H,22,23). The van der Waals surface area contributed by atoms with Gasteiger partial charge in [-0.05, 0) is 24.1 Å². The Hall–Kier alpha value is -0.910. The molecule has 0 saturated heterocycles. The Balaban J connectivity index is 2.67. The number of thioether (sulfide) groups is 1. The van der Waals surface area contributed by atoms with Crippen molar-refractivity contribution in [2.24, 2.45) is 5.92 Å². The minimum atomic E-state index is -0.626. The predicted octanol–water partition coefficient (Wildman–Crippen LogP) is 4.40. The molecule has 4 nitrogen and oxygen atoms in total. The SMILES string of the molecule is CC(C)C(NC(=O)c1ccc(Cl)cc1Cl)C(=O)NCCSC(C)(C)C. The van der Waals surface area contributed by atoms with Gasteiger partial charge in [0.25, 0.3) is 5.91 Å². The van der Waals surface area contributed by atoms with Crippen LogP contribution in [0.15, 0.2) is 18.2 Å². The van der Waals surface area contributed by atoms with Gasteiger partial charge in [-0.3, -0.25) is 9.59 Å². The van der Waals surface area contributed by atoms with E-state index in [0.717, 1.165) is 5.75 Å². The van der Waals surface area contributed by atoms with Gasteiger partial charge in [0.1, 0.15) is 6.04 Å². The Kier molecular flexibility index (Phi) is 8.58. The van der Waals surface area contributed by atoms with Crippen molar-refractivity contribution in [2.45, 2.75) is 45.4 Å². The lowest BCUT2D eigenvalue weighted by molar-refractivity contribution is -0.123. The summed E-state index contributed by atoms with van der Waals surface area (Å²) in [6.07, 6.45) is 0. The zero-order valence-corrected chi connectivity index (χ0v) is 17.6. The summed E-state index contributed by atoms with van der Waals surface area (Å²) in [5, 5.41) is 6.37. The van der Waals surface area contributed by atoms with Crippen molar-refractivity contribution in [3.63, 3.8) is 0 Å². The number of amides is 2. The second-order valence-corrected chi connectivity index (χ2v) is 9.84. The van der Waals surface area contributed by atoms with E-state index in [1.807, 2.05) is 13.8 Å². The molecule has 0 aliphatic heterocycles. The van der Waals surface area contributed by atoms with Crippen LogP contribution in [-0.4, -0.2) is 34.9 Å². The van der Waals surface area contributed by atoms with Crippen LogP contribution in [0.4, 0.5) is 0 Å². The highest BCUT2D eigenvalue weighted by Crippen LogP contribution is 2.22. The van der Waals surface area contributed by atoms with Gasteiger partial charge in [-0.25, -0.2) is 0 Å². The monoisotopic (exact) mass is 404 g/mol. The summed E-state index contributed by atoms with van der Waals surface area (Å²) in [5.41, 5.74) is 0.299. The fraction of sp³-hybridized carbons (Fsp3) is 0.556. The number of carbonyl (C=O) groups excluding carboxylic acids is 2. The minimum absolute atomic E-state index is 0.0507. The molecular weight excluding hydrogens is 379 g/mol. The molecule has 0 fully saturated rings. The molecule has 0 saturated carbocycles. The lowest BCUT2D eigenvalue weighted by atomic mass is 10.0. The smallest absolute Gasteiger partial charge is 0.253 e. The first-order chi connectivity index (χ1) is 11.5. The lowest BCUT2D eigenvalue weighted by Crippen LogP contribution is -2.50. The van der Waals surface area contributed by atoms with E-state index < -0.39 is 6.04 Å². The first-order valence-corrected chi connectivity index (χ1v) is 9.93. The molecule has 0 aliphatic rings. The average Bonchev–Trinajstić information content (AvgIpc) is 2.47. The van der Waals surface area contributed by atoms with Crippen LogP contribution in [-0.2, 0) is 4.79 Å². The number of halogens is 2. The summed E-state index contributed by atoms with van der Waals surface area (Å²) in [5.74, 6) is 0.185. The normalized spacial score (nSPS) is 12.8. The van der Waals surface area contributed by atoms with Crippen molar-refractivity contribution in [3.8, 4) is 0 Å². The summed E-state index contributed by atoms with van der Waals surface area (Å²) in [4.78, 5) is 24.9. The molecule has 0 radical (unpaired) electrons. The molecule has 1 rings (SSSR count). The Bertz CT molecular complexity index is 616. The first kappa shape index (κ1) is 22.1. The highest BCUT2D eigenvalue weighted by Gasteiger charge is 2.25. The molecule has 0 heterocycles. The maximum atomic E-state index is 12.4. The van der Waals surface area contributed by atoms with Crippen LogP contribution in [0.2, 0.25) is 10.0 Å². The zero-order valence-electron chi connectivity index (χ0n) is 15.3. The Morgan fingerprint density at radius 3 is 2.36 bits per heavy atom.